The molecule has 0 saturated heterocycles. The van der Waals surface area contributed by atoms with Crippen LogP contribution in [0.5, 0.6) is 0 Å². The van der Waals surface area contributed by atoms with Crippen molar-refractivity contribution in [3.05, 3.63) is 170 Å². The van der Waals surface area contributed by atoms with E-state index in [1.807, 2.05) is 11.3 Å². The van der Waals surface area contributed by atoms with E-state index >= 15 is 0 Å². The molecule has 0 atom stereocenters. The summed E-state index contributed by atoms with van der Waals surface area (Å²) in [6.45, 7) is 2.11. The number of thiophene rings is 1. The highest BCUT2D eigenvalue weighted by molar-refractivity contribution is 7.25. The first-order chi connectivity index (χ1) is 24.2. The van der Waals surface area contributed by atoms with Crippen LogP contribution in [0.1, 0.15) is 5.82 Å². The predicted octanol–water partition coefficient (Wildman–Crippen LogP) is 13.0. The van der Waals surface area contributed by atoms with Crippen molar-refractivity contribution in [1.29, 1.82) is 0 Å². The molecule has 0 aliphatic heterocycles. The van der Waals surface area contributed by atoms with Crippen molar-refractivity contribution in [2.75, 3.05) is 0 Å². The monoisotopic (exact) mass is 642 g/mol. The van der Waals surface area contributed by atoms with Gasteiger partial charge in [-0.15, -0.1) is 11.3 Å². The Labute approximate surface area is 288 Å². The summed E-state index contributed by atoms with van der Waals surface area (Å²) in [5.74, 6) is 0.973. The van der Waals surface area contributed by atoms with Crippen LogP contribution in [0.4, 0.5) is 0 Å². The molecule has 2 aromatic heterocycles. The number of hydrogen-bond acceptors (Lipinski definition) is 2. The second kappa shape index (κ2) is 11.0. The van der Waals surface area contributed by atoms with Crippen LogP contribution in [0, 0.1) is 6.92 Å². The average molecular weight is 643 g/mol. The third-order valence-electron chi connectivity index (χ3n) is 9.95. The van der Waals surface area contributed by atoms with Crippen molar-refractivity contribution in [3.8, 4) is 39.1 Å². The molecule has 0 bridgehead atoms. The standard InChI is InChI=1S/C46H30N2S/c1-29-47-39-21-9-11-23-41(39)48(29)40-22-10-7-18-35(40)44-32-16-5-6-17-33(32)45(38-28-31(26-27-34(38)44)30-14-3-2-4-15-30)37-20-13-25-43-46(37)36-19-8-12-24-42(36)49-43/h2-28H,1H3. The van der Waals surface area contributed by atoms with Gasteiger partial charge in [0.15, 0.2) is 0 Å². The van der Waals surface area contributed by atoms with Gasteiger partial charge >= 0.3 is 0 Å². The zero-order chi connectivity index (χ0) is 32.5. The van der Waals surface area contributed by atoms with E-state index in [4.69, 9.17) is 4.98 Å². The third-order valence-corrected chi connectivity index (χ3v) is 11.1. The van der Waals surface area contributed by atoms with Crippen LogP contribution >= 0.6 is 11.3 Å². The zero-order valence-corrected chi connectivity index (χ0v) is 27.7. The number of aryl methyl sites for hydroxylation is 1. The van der Waals surface area contributed by atoms with Crippen LogP contribution in [0.2, 0.25) is 0 Å². The number of fused-ring (bicyclic) bond motifs is 6. The van der Waals surface area contributed by atoms with E-state index in [1.54, 1.807) is 0 Å². The number of nitrogens with zero attached hydrogens (tertiary/aromatic N) is 2. The molecule has 0 fully saturated rings. The first kappa shape index (κ1) is 28.0. The van der Waals surface area contributed by atoms with Gasteiger partial charge in [-0.1, -0.05) is 127 Å². The molecule has 0 radical (unpaired) electrons. The fraction of sp³-hybridized carbons (Fsp3) is 0.0217. The van der Waals surface area contributed by atoms with E-state index in [-0.39, 0.29) is 0 Å². The van der Waals surface area contributed by atoms with Crippen molar-refractivity contribution in [2.24, 2.45) is 0 Å². The van der Waals surface area contributed by atoms with Crippen LogP contribution in [-0.2, 0) is 0 Å². The second-order valence-electron chi connectivity index (χ2n) is 12.7. The Morgan fingerprint density at radius 2 is 1.10 bits per heavy atom. The lowest BCUT2D eigenvalue weighted by atomic mass is 9.83. The van der Waals surface area contributed by atoms with Crippen LogP contribution in [-0.4, -0.2) is 9.55 Å². The molecule has 10 rings (SSSR count). The van der Waals surface area contributed by atoms with Gasteiger partial charge in [0.1, 0.15) is 5.82 Å². The SMILES string of the molecule is Cc1nc2ccccc2n1-c1ccccc1-c1c2ccccc2c(-c2cccc3sc4ccccc4c23)c2cc(-c3ccccc3)ccc12. The van der Waals surface area contributed by atoms with Gasteiger partial charge in [-0.3, -0.25) is 4.57 Å². The Morgan fingerprint density at radius 1 is 0.469 bits per heavy atom. The summed E-state index contributed by atoms with van der Waals surface area (Å²) >= 11 is 1.88. The van der Waals surface area contributed by atoms with Crippen LogP contribution in [0.25, 0.3) is 91.8 Å². The highest BCUT2D eigenvalue weighted by Crippen LogP contribution is 2.49. The van der Waals surface area contributed by atoms with Crippen molar-refractivity contribution in [2.45, 2.75) is 6.92 Å². The van der Waals surface area contributed by atoms with Crippen molar-refractivity contribution < 1.29 is 0 Å². The Morgan fingerprint density at radius 3 is 1.96 bits per heavy atom. The number of para-hydroxylation sites is 3. The van der Waals surface area contributed by atoms with E-state index in [2.05, 4.69) is 175 Å². The maximum atomic E-state index is 4.96. The third kappa shape index (κ3) is 4.29. The molecule has 0 saturated carbocycles. The molecule has 0 aliphatic carbocycles. The van der Waals surface area contributed by atoms with Gasteiger partial charge in [0.05, 0.1) is 16.7 Å². The quantitative estimate of drug-likeness (QED) is 0.175. The smallest absolute Gasteiger partial charge is 0.111 e. The van der Waals surface area contributed by atoms with E-state index in [9.17, 15) is 0 Å². The van der Waals surface area contributed by atoms with E-state index in [0.29, 0.717) is 0 Å². The number of imidazole rings is 1. The number of benzene rings is 8. The molecule has 0 aliphatic rings. The molecule has 49 heavy (non-hydrogen) atoms. The lowest BCUT2D eigenvalue weighted by Gasteiger charge is -2.21. The van der Waals surface area contributed by atoms with Crippen LogP contribution < -0.4 is 0 Å². The summed E-state index contributed by atoms with van der Waals surface area (Å²) in [7, 11) is 0. The summed E-state index contributed by atoms with van der Waals surface area (Å²) in [4.78, 5) is 4.96. The highest BCUT2D eigenvalue weighted by atomic mass is 32.1. The summed E-state index contributed by atoms with van der Waals surface area (Å²) in [6.07, 6.45) is 0. The fourth-order valence-corrected chi connectivity index (χ4v) is 9.01. The number of hydrogen-bond donors (Lipinski definition) is 0. The topological polar surface area (TPSA) is 17.8 Å². The summed E-state index contributed by atoms with van der Waals surface area (Å²) in [5.41, 5.74) is 10.7. The summed E-state index contributed by atoms with van der Waals surface area (Å²) in [5, 5.41) is 7.61. The molecule has 0 N–H and O–H groups in total. The minimum absolute atomic E-state index is 0.973. The van der Waals surface area contributed by atoms with Crippen LogP contribution in [0.3, 0.4) is 0 Å². The Kier molecular flexibility index (Phi) is 6.30. The Hall–Kier alpha value is -6.03. The Balaban J connectivity index is 1.38. The maximum absolute atomic E-state index is 4.96. The molecule has 3 heteroatoms. The van der Waals surface area contributed by atoms with Crippen molar-refractivity contribution >= 4 is 64.1 Å². The van der Waals surface area contributed by atoms with Crippen molar-refractivity contribution in [1.82, 2.24) is 9.55 Å². The fourth-order valence-electron chi connectivity index (χ4n) is 7.88. The largest absolute Gasteiger partial charge is 0.296 e. The van der Waals surface area contributed by atoms with Crippen molar-refractivity contribution in [3.63, 3.8) is 0 Å². The first-order valence-electron chi connectivity index (χ1n) is 16.7. The molecular formula is C46H30N2S. The van der Waals surface area contributed by atoms with Gasteiger partial charge < -0.3 is 0 Å². The molecule has 0 spiro atoms. The van der Waals surface area contributed by atoms with Gasteiger partial charge in [-0.2, -0.15) is 0 Å². The molecule has 2 nitrogen and oxygen atoms in total. The van der Waals surface area contributed by atoms with Gasteiger partial charge in [0.2, 0.25) is 0 Å². The average Bonchev–Trinajstić information content (AvgIpc) is 3.71. The molecule has 10 aromatic rings. The molecule has 0 unspecified atom stereocenters. The van der Waals surface area contributed by atoms with E-state index in [1.165, 1.54) is 75.1 Å². The molecule has 8 aromatic carbocycles. The van der Waals surface area contributed by atoms with Gasteiger partial charge in [0, 0.05) is 25.7 Å². The highest BCUT2D eigenvalue weighted by Gasteiger charge is 2.22. The molecule has 2 heterocycles. The number of rotatable bonds is 4. The minimum Gasteiger partial charge on any atom is -0.296 e. The molecule has 0 amide bonds. The zero-order valence-electron chi connectivity index (χ0n) is 26.9. The molecular weight excluding hydrogens is 613 g/mol. The maximum Gasteiger partial charge on any atom is 0.111 e. The lowest BCUT2D eigenvalue weighted by molar-refractivity contribution is 1.00. The first-order valence-corrected chi connectivity index (χ1v) is 17.5. The predicted molar refractivity (Wildman–Crippen MR) is 210 cm³/mol. The van der Waals surface area contributed by atoms with E-state index < -0.39 is 0 Å². The van der Waals surface area contributed by atoms with Crippen LogP contribution in [0.15, 0.2) is 164 Å². The minimum atomic E-state index is 0.973. The Bertz CT molecular complexity index is 2890. The van der Waals surface area contributed by atoms with Gasteiger partial charge in [0.25, 0.3) is 0 Å². The second-order valence-corrected chi connectivity index (χ2v) is 13.8. The summed E-state index contributed by atoms with van der Waals surface area (Å²) < 4.78 is 4.94. The van der Waals surface area contributed by atoms with Gasteiger partial charge in [-0.25, -0.2) is 4.98 Å². The summed E-state index contributed by atoms with van der Waals surface area (Å²) in [6, 6.07) is 59.7. The van der Waals surface area contributed by atoms with E-state index in [0.717, 1.165) is 22.5 Å². The normalized spacial score (nSPS) is 11.8. The molecule has 230 valence electrons. The lowest BCUT2D eigenvalue weighted by Crippen LogP contribution is -2.01. The van der Waals surface area contributed by atoms with Gasteiger partial charge in [-0.05, 0) is 92.7 Å². The number of aromatic nitrogens is 2.